The first kappa shape index (κ1) is 10.9. The summed E-state index contributed by atoms with van der Waals surface area (Å²) in [6, 6.07) is 0. The minimum atomic E-state index is -0.122. The van der Waals surface area contributed by atoms with Gasteiger partial charge in [-0.05, 0) is 38.1 Å². The Kier molecular flexibility index (Phi) is 3.59. The fourth-order valence-corrected chi connectivity index (χ4v) is 2.33. The van der Waals surface area contributed by atoms with Crippen LogP contribution in [0, 0.1) is 11.8 Å². The molecule has 86 valence electrons. The summed E-state index contributed by atoms with van der Waals surface area (Å²) in [5, 5.41) is 15.3. The molecule has 0 unspecified atom stereocenters. The van der Waals surface area contributed by atoms with E-state index in [0.717, 1.165) is 45.3 Å². The molecule has 1 aliphatic heterocycles. The predicted octanol–water partition coefficient (Wildman–Crippen LogP) is -0.127. The molecule has 1 aliphatic carbocycles. The van der Waals surface area contributed by atoms with Crippen molar-refractivity contribution in [3.05, 3.63) is 0 Å². The van der Waals surface area contributed by atoms with Crippen molar-refractivity contribution in [3.63, 3.8) is 0 Å². The van der Waals surface area contributed by atoms with Gasteiger partial charge in [-0.1, -0.05) is 0 Å². The summed E-state index contributed by atoms with van der Waals surface area (Å²) < 4.78 is 0. The molecule has 3 N–H and O–H groups in total. The second-order valence-electron chi connectivity index (χ2n) is 4.78. The smallest absolute Gasteiger partial charge is 0.224 e. The lowest BCUT2D eigenvalue weighted by atomic mass is 9.82. The van der Waals surface area contributed by atoms with Crippen LogP contribution in [0.2, 0.25) is 0 Å². The van der Waals surface area contributed by atoms with Gasteiger partial charge < -0.3 is 15.7 Å². The van der Waals surface area contributed by atoms with E-state index >= 15 is 0 Å². The molecule has 2 rings (SSSR count). The van der Waals surface area contributed by atoms with Gasteiger partial charge in [-0.15, -0.1) is 0 Å². The van der Waals surface area contributed by atoms with Gasteiger partial charge in [0.1, 0.15) is 0 Å². The Bertz CT molecular complexity index is 221. The number of carbonyl (C=O) groups excluding carboxylic acids is 1. The van der Waals surface area contributed by atoms with E-state index in [4.69, 9.17) is 5.11 Å². The molecule has 0 aromatic rings. The monoisotopic (exact) mass is 212 g/mol. The lowest BCUT2D eigenvalue weighted by Crippen LogP contribution is -2.44. The Morgan fingerprint density at radius 3 is 2.87 bits per heavy atom. The third kappa shape index (κ3) is 2.92. The van der Waals surface area contributed by atoms with Crippen LogP contribution in [0.25, 0.3) is 0 Å². The number of nitrogens with one attached hydrogen (secondary N) is 2. The molecule has 1 saturated carbocycles. The molecule has 1 heterocycles. The highest BCUT2D eigenvalue weighted by molar-refractivity contribution is 5.78. The molecule has 15 heavy (non-hydrogen) atoms. The summed E-state index contributed by atoms with van der Waals surface area (Å²) >= 11 is 0. The van der Waals surface area contributed by atoms with E-state index in [-0.39, 0.29) is 17.9 Å². The van der Waals surface area contributed by atoms with Crippen LogP contribution >= 0.6 is 0 Å². The van der Waals surface area contributed by atoms with Crippen molar-refractivity contribution in [2.24, 2.45) is 11.8 Å². The minimum Gasteiger partial charge on any atom is -0.393 e. The van der Waals surface area contributed by atoms with Crippen molar-refractivity contribution in [1.82, 2.24) is 10.6 Å². The van der Waals surface area contributed by atoms with Gasteiger partial charge in [0, 0.05) is 13.1 Å². The highest BCUT2D eigenvalue weighted by Crippen LogP contribution is 2.26. The highest BCUT2D eigenvalue weighted by atomic mass is 16.3. The quantitative estimate of drug-likeness (QED) is 0.611. The number of carbonyl (C=O) groups is 1. The number of aliphatic hydroxyl groups is 1. The Morgan fingerprint density at radius 2 is 2.27 bits per heavy atom. The fraction of sp³-hybridized carbons (Fsp3) is 0.909. The van der Waals surface area contributed by atoms with Gasteiger partial charge in [-0.25, -0.2) is 0 Å². The molecule has 0 radical (unpaired) electrons. The van der Waals surface area contributed by atoms with Crippen LogP contribution < -0.4 is 10.6 Å². The average molecular weight is 212 g/mol. The Balaban J connectivity index is 1.63. The first-order valence-corrected chi connectivity index (χ1v) is 5.92. The summed E-state index contributed by atoms with van der Waals surface area (Å²) in [6.45, 7) is 2.60. The fourth-order valence-electron chi connectivity index (χ4n) is 2.33. The van der Waals surface area contributed by atoms with Crippen molar-refractivity contribution in [1.29, 1.82) is 0 Å². The largest absolute Gasteiger partial charge is 0.393 e. The third-order valence-electron chi connectivity index (χ3n) is 3.44. The number of rotatable bonds is 3. The average Bonchev–Trinajstić information content (AvgIpc) is 2.23. The lowest BCUT2D eigenvalue weighted by molar-refractivity contribution is -0.126. The molecule has 2 fully saturated rings. The van der Waals surface area contributed by atoms with Gasteiger partial charge in [0.25, 0.3) is 0 Å². The van der Waals surface area contributed by atoms with E-state index in [9.17, 15) is 4.79 Å². The number of piperidine rings is 1. The maximum atomic E-state index is 11.7. The van der Waals surface area contributed by atoms with Crippen LogP contribution in [0.5, 0.6) is 0 Å². The van der Waals surface area contributed by atoms with Crippen LogP contribution in [0.3, 0.4) is 0 Å². The van der Waals surface area contributed by atoms with E-state index < -0.39 is 0 Å². The molecule has 0 spiro atoms. The second-order valence-corrected chi connectivity index (χ2v) is 4.78. The van der Waals surface area contributed by atoms with E-state index in [2.05, 4.69) is 10.6 Å². The Hall–Kier alpha value is -0.610. The number of amides is 1. The zero-order chi connectivity index (χ0) is 10.7. The third-order valence-corrected chi connectivity index (χ3v) is 3.44. The Morgan fingerprint density at radius 1 is 1.47 bits per heavy atom. The number of aliphatic hydroxyl groups excluding tert-OH is 1. The topological polar surface area (TPSA) is 61.4 Å². The van der Waals surface area contributed by atoms with Crippen molar-refractivity contribution in [2.75, 3.05) is 19.6 Å². The first-order valence-electron chi connectivity index (χ1n) is 5.92. The van der Waals surface area contributed by atoms with Gasteiger partial charge in [0.15, 0.2) is 0 Å². The molecule has 1 atom stereocenters. The summed E-state index contributed by atoms with van der Waals surface area (Å²) in [5.74, 6) is 0.841. The van der Waals surface area contributed by atoms with Gasteiger partial charge in [0.2, 0.25) is 5.91 Å². The van der Waals surface area contributed by atoms with Gasteiger partial charge >= 0.3 is 0 Å². The molecule has 0 aromatic carbocycles. The van der Waals surface area contributed by atoms with E-state index in [1.165, 1.54) is 0 Å². The summed E-state index contributed by atoms with van der Waals surface area (Å²) in [7, 11) is 0. The zero-order valence-corrected chi connectivity index (χ0v) is 9.04. The molecule has 0 bridgehead atoms. The summed E-state index contributed by atoms with van der Waals surface area (Å²) in [4.78, 5) is 11.7. The molecule has 1 amide bonds. The summed E-state index contributed by atoms with van der Waals surface area (Å²) in [6.07, 6.45) is 3.68. The SMILES string of the molecule is O=C(NCC1CC(O)C1)[C@@H]1CCCNC1. The number of hydrogen-bond donors (Lipinski definition) is 3. The number of hydrogen-bond acceptors (Lipinski definition) is 3. The maximum Gasteiger partial charge on any atom is 0.224 e. The maximum absolute atomic E-state index is 11.7. The molecule has 2 aliphatic rings. The zero-order valence-electron chi connectivity index (χ0n) is 9.04. The van der Waals surface area contributed by atoms with Gasteiger partial charge in [-0.3, -0.25) is 4.79 Å². The van der Waals surface area contributed by atoms with Crippen LogP contribution in [-0.4, -0.2) is 36.8 Å². The molecular formula is C11H20N2O2. The van der Waals surface area contributed by atoms with Crippen LogP contribution in [0.15, 0.2) is 0 Å². The van der Waals surface area contributed by atoms with Gasteiger partial charge in [-0.2, -0.15) is 0 Å². The lowest BCUT2D eigenvalue weighted by Gasteiger charge is -2.32. The molecule has 4 heteroatoms. The van der Waals surface area contributed by atoms with E-state index in [1.807, 2.05) is 0 Å². The van der Waals surface area contributed by atoms with Gasteiger partial charge in [0.05, 0.1) is 12.0 Å². The Labute approximate surface area is 90.4 Å². The van der Waals surface area contributed by atoms with Crippen molar-refractivity contribution in [2.45, 2.75) is 31.8 Å². The highest BCUT2D eigenvalue weighted by Gasteiger charge is 2.28. The molecule has 1 saturated heterocycles. The predicted molar refractivity (Wildman–Crippen MR) is 57.3 cm³/mol. The van der Waals surface area contributed by atoms with Crippen LogP contribution in [0.4, 0.5) is 0 Å². The first-order chi connectivity index (χ1) is 7.25. The second kappa shape index (κ2) is 4.94. The standard InChI is InChI=1S/C11H20N2O2/c14-10-4-8(5-10)6-13-11(15)9-2-1-3-12-7-9/h8-10,12,14H,1-7H2,(H,13,15)/t8?,9-,10?/m1/s1. The van der Waals surface area contributed by atoms with Crippen LogP contribution in [-0.2, 0) is 4.79 Å². The van der Waals surface area contributed by atoms with E-state index in [1.54, 1.807) is 0 Å². The van der Waals surface area contributed by atoms with E-state index in [0.29, 0.717) is 5.92 Å². The van der Waals surface area contributed by atoms with Crippen molar-refractivity contribution < 1.29 is 9.90 Å². The molecule has 4 nitrogen and oxygen atoms in total. The van der Waals surface area contributed by atoms with Crippen LogP contribution in [0.1, 0.15) is 25.7 Å². The molecular weight excluding hydrogens is 192 g/mol. The normalized spacial score (nSPS) is 35.7. The molecule has 0 aromatic heterocycles. The summed E-state index contributed by atoms with van der Waals surface area (Å²) in [5.41, 5.74) is 0. The van der Waals surface area contributed by atoms with Crippen molar-refractivity contribution >= 4 is 5.91 Å². The van der Waals surface area contributed by atoms with Crippen molar-refractivity contribution in [3.8, 4) is 0 Å². The minimum absolute atomic E-state index is 0.122.